The van der Waals surface area contributed by atoms with Crippen molar-refractivity contribution in [2.75, 3.05) is 0 Å². The molecule has 5 rings (SSSR count). The minimum Gasteiger partial charge on any atom is -0.422 e. The average molecular weight is 438 g/mol. The SMILES string of the molecule is Cc1ccc2oc(=O)c(-c3csc4nc(-c5ccc(Br)cc5)nn34)cc2c1. The van der Waals surface area contributed by atoms with E-state index in [0.29, 0.717) is 22.7 Å². The number of nitrogens with zero attached hydrogens (tertiary/aromatic N) is 3. The van der Waals surface area contributed by atoms with E-state index in [9.17, 15) is 4.79 Å². The molecule has 132 valence electrons. The molecule has 0 bridgehead atoms. The van der Waals surface area contributed by atoms with E-state index in [1.165, 1.54) is 11.3 Å². The first kappa shape index (κ1) is 16.4. The van der Waals surface area contributed by atoms with Crippen molar-refractivity contribution in [1.29, 1.82) is 0 Å². The standard InChI is InChI=1S/C20H12BrN3O2S/c1-11-2-7-17-13(8-11)9-15(19(25)26-17)16-10-27-20-22-18(23-24(16)20)12-3-5-14(21)6-4-12/h2-10H,1H3. The molecule has 7 heteroatoms. The number of rotatable bonds is 2. The molecule has 5 aromatic rings. The molecule has 0 fully saturated rings. The molecule has 0 aliphatic rings. The first-order valence-electron chi connectivity index (χ1n) is 8.23. The Balaban J connectivity index is 1.69. The van der Waals surface area contributed by atoms with Crippen LogP contribution in [0, 0.1) is 6.92 Å². The summed E-state index contributed by atoms with van der Waals surface area (Å²) in [5.41, 5.74) is 3.38. The van der Waals surface area contributed by atoms with Gasteiger partial charge in [0, 0.05) is 20.8 Å². The summed E-state index contributed by atoms with van der Waals surface area (Å²) in [6.07, 6.45) is 0. The van der Waals surface area contributed by atoms with Gasteiger partial charge in [0.1, 0.15) is 5.58 Å². The molecule has 0 saturated heterocycles. The maximum atomic E-state index is 12.5. The lowest BCUT2D eigenvalue weighted by atomic mass is 10.1. The summed E-state index contributed by atoms with van der Waals surface area (Å²) in [7, 11) is 0. The second-order valence-electron chi connectivity index (χ2n) is 6.25. The van der Waals surface area contributed by atoms with Crippen molar-refractivity contribution in [2.45, 2.75) is 6.92 Å². The van der Waals surface area contributed by atoms with Crippen LogP contribution in [0.5, 0.6) is 0 Å². The average Bonchev–Trinajstić information content (AvgIpc) is 3.23. The van der Waals surface area contributed by atoms with E-state index < -0.39 is 0 Å². The molecule has 2 aromatic carbocycles. The Morgan fingerprint density at radius 3 is 2.74 bits per heavy atom. The molecule has 27 heavy (non-hydrogen) atoms. The first-order valence-corrected chi connectivity index (χ1v) is 9.91. The van der Waals surface area contributed by atoms with Gasteiger partial charge in [-0.25, -0.2) is 9.31 Å². The van der Waals surface area contributed by atoms with Crippen LogP contribution in [0.3, 0.4) is 0 Å². The molecule has 0 atom stereocenters. The number of fused-ring (bicyclic) bond motifs is 2. The molecule has 0 amide bonds. The van der Waals surface area contributed by atoms with Crippen molar-refractivity contribution in [1.82, 2.24) is 14.6 Å². The highest BCUT2D eigenvalue weighted by molar-refractivity contribution is 9.10. The van der Waals surface area contributed by atoms with Gasteiger partial charge in [0.25, 0.3) is 0 Å². The van der Waals surface area contributed by atoms with Crippen LogP contribution in [0.1, 0.15) is 5.56 Å². The largest absolute Gasteiger partial charge is 0.422 e. The van der Waals surface area contributed by atoms with Gasteiger partial charge in [-0.2, -0.15) is 4.98 Å². The minimum absolute atomic E-state index is 0.383. The van der Waals surface area contributed by atoms with Crippen molar-refractivity contribution >= 4 is 43.2 Å². The fraction of sp³-hybridized carbons (Fsp3) is 0.0500. The number of halogens is 1. The Morgan fingerprint density at radius 1 is 1.11 bits per heavy atom. The number of benzene rings is 2. The molecule has 0 N–H and O–H groups in total. The predicted octanol–water partition coefficient (Wildman–Crippen LogP) is 5.30. The number of aryl methyl sites for hydroxylation is 1. The Morgan fingerprint density at radius 2 is 1.93 bits per heavy atom. The first-order chi connectivity index (χ1) is 13.1. The summed E-state index contributed by atoms with van der Waals surface area (Å²) < 4.78 is 8.21. The number of hydrogen-bond acceptors (Lipinski definition) is 5. The topological polar surface area (TPSA) is 60.4 Å². The van der Waals surface area contributed by atoms with E-state index in [-0.39, 0.29) is 5.63 Å². The summed E-state index contributed by atoms with van der Waals surface area (Å²) >= 11 is 4.88. The van der Waals surface area contributed by atoms with Crippen LogP contribution < -0.4 is 5.63 Å². The van der Waals surface area contributed by atoms with Crippen molar-refractivity contribution < 1.29 is 4.42 Å². The quantitative estimate of drug-likeness (QED) is 0.351. The van der Waals surface area contributed by atoms with Gasteiger partial charge < -0.3 is 4.42 Å². The van der Waals surface area contributed by atoms with Crippen molar-refractivity contribution in [3.8, 4) is 22.6 Å². The maximum absolute atomic E-state index is 12.5. The van der Waals surface area contributed by atoms with Crippen molar-refractivity contribution in [3.05, 3.63) is 74.4 Å². The van der Waals surface area contributed by atoms with E-state index in [4.69, 9.17) is 4.42 Å². The zero-order valence-electron chi connectivity index (χ0n) is 14.1. The highest BCUT2D eigenvalue weighted by atomic mass is 79.9. The molecule has 0 aliphatic heterocycles. The van der Waals surface area contributed by atoms with Gasteiger partial charge in [-0.05, 0) is 37.3 Å². The Labute approximate surface area is 166 Å². The highest BCUT2D eigenvalue weighted by Crippen LogP contribution is 2.28. The number of hydrogen-bond donors (Lipinski definition) is 0. The predicted molar refractivity (Wildman–Crippen MR) is 110 cm³/mol. The van der Waals surface area contributed by atoms with Gasteiger partial charge in [-0.15, -0.1) is 16.4 Å². The zero-order chi connectivity index (χ0) is 18.5. The molecular formula is C20H12BrN3O2S. The van der Waals surface area contributed by atoms with Crippen LogP contribution >= 0.6 is 27.3 Å². The van der Waals surface area contributed by atoms with Gasteiger partial charge in [-0.3, -0.25) is 0 Å². The fourth-order valence-electron chi connectivity index (χ4n) is 3.01. The van der Waals surface area contributed by atoms with Gasteiger partial charge in [0.15, 0.2) is 5.82 Å². The summed E-state index contributed by atoms with van der Waals surface area (Å²) in [5.74, 6) is 0.622. The molecule has 3 aromatic heterocycles. The molecule has 0 unspecified atom stereocenters. The van der Waals surface area contributed by atoms with E-state index in [2.05, 4.69) is 26.0 Å². The minimum atomic E-state index is -0.383. The molecular weight excluding hydrogens is 426 g/mol. The van der Waals surface area contributed by atoms with Crippen molar-refractivity contribution in [3.63, 3.8) is 0 Å². The normalized spacial score (nSPS) is 11.5. The smallest absolute Gasteiger partial charge is 0.345 e. The molecule has 0 spiro atoms. The van der Waals surface area contributed by atoms with Crippen LogP contribution in [0.15, 0.2) is 67.6 Å². The second kappa shape index (κ2) is 6.14. The highest BCUT2D eigenvalue weighted by Gasteiger charge is 2.16. The summed E-state index contributed by atoms with van der Waals surface area (Å²) in [4.78, 5) is 17.9. The Bertz CT molecular complexity index is 1370. The number of thiazole rings is 1. The maximum Gasteiger partial charge on any atom is 0.345 e. The van der Waals surface area contributed by atoms with Crippen LogP contribution in [-0.2, 0) is 0 Å². The van der Waals surface area contributed by atoms with E-state index in [1.807, 2.05) is 60.8 Å². The summed E-state index contributed by atoms with van der Waals surface area (Å²) in [6, 6.07) is 15.4. The number of aromatic nitrogens is 3. The molecule has 0 aliphatic carbocycles. The van der Waals surface area contributed by atoms with Gasteiger partial charge in [0.05, 0.1) is 11.3 Å². The Hall–Kier alpha value is -2.77. The van der Waals surface area contributed by atoms with Gasteiger partial charge in [0.2, 0.25) is 4.96 Å². The van der Waals surface area contributed by atoms with Crippen LogP contribution in [0.25, 0.3) is 38.6 Å². The summed E-state index contributed by atoms with van der Waals surface area (Å²) in [6.45, 7) is 2.01. The zero-order valence-corrected chi connectivity index (χ0v) is 16.5. The summed E-state index contributed by atoms with van der Waals surface area (Å²) in [5, 5.41) is 7.38. The lowest BCUT2D eigenvalue weighted by molar-refractivity contribution is 0.563. The van der Waals surface area contributed by atoms with Crippen molar-refractivity contribution in [2.24, 2.45) is 0 Å². The second-order valence-corrected chi connectivity index (χ2v) is 8.00. The van der Waals surface area contributed by atoms with Gasteiger partial charge in [-0.1, -0.05) is 39.7 Å². The molecule has 0 radical (unpaired) electrons. The molecule has 5 nitrogen and oxygen atoms in total. The van der Waals surface area contributed by atoms with E-state index >= 15 is 0 Å². The van der Waals surface area contributed by atoms with Gasteiger partial charge >= 0.3 is 5.63 Å². The van der Waals surface area contributed by atoms with Crippen LogP contribution in [0.4, 0.5) is 0 Å². The third-order valence-corrected chi connectivity index (χ3v) is 5.69. The lowest BCUT2D eigenvalue weighted by Gasteiger charge is -2.02. The van der Waals surface area contributed by atoms with E-state index in [1.54, 1.807) is 4.52 Å². The van der Waals surface area contributed by atoms with Crippen LogP contribution in [0.2, 0.25) is 0 Å². The van der Waals surface area contributed by atoms with Crippen LogP contribution in [-0.4, -0.2) is 14.6 Å². The molecule has 3 heterocycles. The van der Waals surface area contributed by atoms with E-state index in [0.717, 1.165) is 25.9 Å². The third kappa shape index (κ3) is 2.79. The molecule has 0 saturated carbocycles. The Kier molecular flexibility index (Phi) is 3.73. The third-order valence-electron chi connectivity index (χ3n) is 4.35. The monoisotopic (exact) mass is 437 g/mol. The fourth-order valence-corrected chi connectivity index (χ4v) is 4.10. The lowest BCUT2D eigenvalue weighted by Crippen LogP contribution is -2.04.